The van der Waals surface area contributed by atoms with E-state index < -0.39 is 5.97 Å². The van der Waals surface area contributed by atoms with Crippen molar-refractivity contribution in [2.75, 3.05) is 0 Å². The molecule has 0 aliphatic rings. The van der Waals surface area contributed by atoms with Crippen molar-refractivity contribution in [3.8, 4) is 11.5 Å². The van der Waals surface area contributed by atoms with E-state index in [4.69, 9.17) is 4.42 Å². The van der Waals surface area contributed by atoms with Crippen LogP contribution >= 0.6 is 11.8 Å². The highest BCUT2D eigenvalue weighted by Gasteiger charge is 2.08. The molecule has 0 unspecified atom stereocenters. The first-order valence-corrected chi connectivity index (χ1v) is 7.53. The summed E-state index contributed by atoms with van der Waals surface area (Å²) in [4.78, 5) is 10.7. The smallest absolute Gasteiger partial charge is 0.277 e. The van der Waals surface area contributed by atoms with Gasteiger partial charge in [-0.1, -0.05) is 54.2 Å². The molecule has 2 aromatic carbocycles. The van der Waals surface area contributed by atoms with Crippen LogP contribution in [-0.2, 0) is 5.75 Å². The van der Waals surface area contributed by atoms with E-state index >= 15 is 0 Å². The van der Waals surface area contributed by atoms with Crippen LogP contribution in [-0.4, -0.2) is 16.2 Å². The number of carbonyl (C=O) groups is 1. The maximum absolute atomic E-state index is 10.7. The van der Waals surface area contributed by atoms with E-state index in [2.05, 4.69) is 10.2 Å². The average molecular weight is 311 g/mol. The zero-order chi connectivity index (χ0) is 15.4. The van der Waals surface area contributed by atoms with Gasteiger partial charge in [0.25, 0.3) is 5.22 Å². The van der Waals surface area contributed by atoms with Crippen molar-refractivity contribution in [2.45, 2.75) is 11.0 Å². The van der Waals surface area contributed by atoms with Crippen molar-refractivity contribution in [1.29, 1.82) is 0 Å². The van der Waals surface area contributed by atoms with Crippen LogP contribution in [0.4, 0.5) is 0 Å². The van der Waals surface area contributed by atoms with E-state index in [0.717, 1.165) is 11.1 Å². The Kier molecular flexibility index (Phi) is 4.20. The van der Waals surface area contributed by atoms with E-state index in [1.165, 1.54) is 23.9 Å². The number of thioether (sulfide) groups is 1. The predicted octanol–water partition coefficient (Wildman–Crippen LogP) is 2.39. The molecule has 0 saturated heterocycles. The molecule has 6 heteroatoms. The van der Waals surface area contributed by atoms with Crippen LogP contribution in [0, 0.1) is 0 Å². The summed E-state index contributed by atoms with van der Waals surface area (Å²) in [5.74, 6) is -0.0805. The van der Waals surface area contributed by atoms with Gasteiger partial charge in [0.15, 0.2) is 0 Å². The molecular weight excluding hydrogens is 300 g/mol. The highest BCUT2D eigenvalue weighted by Crippen LogP contribution is 2.25. The third kappa shape index (κ3) is 3.35. The number of aromatic carboxylic acids is 1. The van der Waals surface area contributed by atoms with Crippen molar-refractivity contribution in [1.82, 2.24) is 10.2 Å². The lowest BCUT2D eigenvalue weighted by Crippen LogP contribution is -2.21. The van der Waals surface area contributed by atoms with Gasteiger partial charge in [-0.15, -0.1) is 10.2 Å². The van der Waals surface area contributed by atoms with Gasteiger partial charge in [-0.05, 0) is 23.3 Å². The molecule has 22 heavy (non-hydrogen) atoms. The largest absolute Gasteiger partial charge is 0.545 e. The molecule has 0 amide bonds. The highest BCUT2D eigenvalue weighted by molar-refractivity contribution is 7.98. The highest BCUT2D eigenvalue weighted by atomic mass is 32.2. The maximum atomic E-state index is 10.7. The number of hydrogen-bond donors (Lipinski definition) is 0. The summed E-state index contributed by atoms with van der Waals surface area (Å²) < 4.78 is 5.59. The SMILES string of the molecule is O=C([O-])c1ccc(CSc2nnc(-c3ccccc3)o2)cc1. The number of hydrogen-bond acceptors (Lipinski definition) is 6. The Hall–Kier alpha value is -2.60. The molecule has 1 heterocycles. The summed E-state index contributed by atoms with van der Waals surface area (Å²) in [7, 11) is 0. The van der Waals surface area contributed by atoms with Gasteiger partial charge in [0.1, 0.15) is 0 Å². The summed E-state index contributed by atoms with van der Waals surface area (Å²) >= 11 is 1.40. The average Bonchev–Trinajstić information content (AvgIpc) is 3.03. The molecule has 1 aromatic heterocycles. The molecule has 0 saturated carbocycles. The standard InChI is InChI=1S/C16H12N2O3S/c19-15(20)13-8-6-11(7-9-13)10-22-16-18-17-14(21-16)12-4-2-1-3-5-12/h1-9H,10H2,(H,19,20)/p-1. The Labute approximate surface area is 131 Å². The Balaban J connectivity index is 1.65. The lowest BCUT2D eigenvalue weighted by Gasteiger charge is -2.03. The first-order chi connectivity index (χ1) is 10.7. The van der Waals surface area contributed by atoms with E-state index in [1.807, 2.05) is 30.3 Å². The minimum absolute atomic E-state index is 0.165. The van der Waals surface area contributed by atoms with Crippen LogP contribution in [0.15, 0.2) is 64.2 Å². The van der Waals surface area contributed by atoms with Gasteiger partial charge in [-0.2, -0.15) is 0 Å². The molecule has 0 atom stereocenters. The van der Waals surface area contributed by atoms with Gasteiger partial charge in [-0.25, -0.2) is 0 Å². The molecule has 0 fully saturated rings. The zero-order valence-corrected chi connectivity index (χ0v) is 12.2. The topological polar surface area (TPSA) is 79.0 Å². The van der Waals surface area contributed by atoms with Gasteiger partial charge in [0.05, 0.1) is 5.97 Å². The van der Waals surface area contributed by atoms with Crippen LogP contribution < -0.4 is 5.11 Å². The molecule has 110 valence electrons. The summed E-state index contributed by atoms with van der Waals surface area (Å²) in [5.41, 5.74) is 2.01. The van der Waals surface area contributed by atoms with Gasteiger partial charge in [0.2, 0.25) is 5.89 Å². The van der Waals surface area contributed by atoms with Crippen LogP contribution in [0.25, 0.3) is 11.5 Å². The first-order valence-electron chi connectivity index (χ1n) is 6.54. The van der Waals surface area contributed by atoms with E-state index in [9.17, 15) is 9.90 Å². The number of carboxylic acids is 1. The van der Waals surface area contributed by atoms with Gasteiger partial charge in [0, 0.05) is 11.3 Å². The van der Waals surface area contributed by atoms with E-state index in [-0.39, 0.29) is 5.56 Å². The van der Waals surface area contributed by atoms with Gasteiger partial charge in [-0.3, -0.25) is 0 Å². The Morgan fingerprint density at radius 2 is 1.77 bits per heavy atom. The lowest BCUT2D eigenvalue weighted by molar-refractivity contribution is -0.255. The fourth-order valence-electron chi connectivity index (χ4n) is 1.85. The molecule has 3 rings (SSSR count). The second kappa shape index (κ2) is 6.44. The lowest BCUT2D eigenvalue weighted by atomic mass is 10.1. The second-order valence-corrected chi connectivity index (χ2v) is 5.44. The monoisotopic (exact) mass is 311 g/mol. The number of carbonyl (C=O) groups excluding carboxylic acids is 1. The molecule has 5 nitrogen and oxygen atoms in total. The quantitative estimate of drug-likeness (QED) is 0.673. The number of rotatable bonds is 5. The first kappa shape index (κ1) is 14.3. The van der Waals surface area contributed by atoms with Crippen molar-refractivity contribution in [2.24, 2.45) is 0 Å². The normalized spacial score (nSPS) is 10.5. The van der Waals surface area contributed by atoms with Crippen LogP contribution in [0.5, 0.6) is 0 Å². The van der Waals surface area contributed by atoms with E-state index in [1.54, 1.807) is 12.1 Å². The molecule has 0 aliphatic carbocycles. The summed E-state index contributed by atoms with van der Waals surface area (Å²) in [6.07, 6.45) is 0. The molecule has 0 spiro atoms. The predicted molar refractivity (Wildman–Crippen MR) is 80.1 cm³/mol. The Bertz CT molecular complexity index is 770. The van der Waals surface area contributed by atoms with Crippen molar-refractivity contribution >= 4 is 17.7 Å². The summed E-state index contributed by atoms with van der Waals surface area (Å²) in [6.45, 7) is 0. The Morgan fingerprint density at radius 1 is 1.05 bits per heavy atom. The van der Waals surface area contributed by atoms with E-state index in [0.29, 0.717) is 16.9 Å². The minimum Gasteiger partial charge on any atom is -0.545 e. The maximum Gasteiger partial charge on any atom is 0.277 e. The second-order valence-electron chi connectivity index (χ2n) is 4.51. The summed E-state index contributed by atoms with van der Waals surface area (Å²) in [5, 5.41) is 19.2. The van der Waals surface area contributed by atoms with Gasteiger partial charge >= 0.3 is 0 Å². The molecule has 0 bridgehead atoms. The van der Waals surface area contributed by atoms with Crippen LogP contribution in [0.2, 0.25) is 0 Å². The fourth-order valence-corrected chi connectivity index (χ4v) is 2.57. The molecular formula is C16H11N2O3S-. The number of benzene rings is 2. The molecule has 0 radical (unpaired) electrons. The fraction of sp³-hybridized carbons (Fsp3) is 0.0625. The minimum atomic E-state index is -1.18. The number of aromatic nitrogens is 2. The molecule has 0 N–H and O–H groups in total. The third-order valence-corrected chi connectivity index (χ3v) is 3.87. The van der Waals surface area contributed by atoms with Crippen molar-refractivity contribution in [3.05, 3.63) is 65.7 Å². The van der Waals surface area contributed by atoms with Gasteiger partial charge < -0.3 is 14.3 Å². The van der Waals surface area contributed by atoms with Crippen LogP contribution in [0.1, 0.15) is 15.9 Å². The van der Waals surface area contributed by atoms with Crippen molar-refractivity contribution < 1.29 is 14.3 Å². The third-order valence-electron chi connectivity index (χ3n) is 2.98. The molecule has 0 aliphatic heterocycles. The zero-order valence-electron chi connectivity index (χ0n) is 11.4. The molecule has 3 aromatic rings. The number of nitrogens with zero attached hydrogens (tertiary/aromatic N) is 2. The summed E-state index contributed by atoms with van der Waals surface area (Å²) in [6, 6.07) is 16.1. The Morgan fingerprint density at radius 3 is 2.45 bits per heavy atom. The number of carboxylic acid groups (broad SMARTS) is 1. The van der Waals surface area contributed by atoms with Crippen molar-refractivity contribution in [3.63, 3.8) is 0 Å². The van der Waals surface area contributed by atoms with Crippen LogP contribution in [0.3, 0.4) is 0 Å².